The van der Waals surface area contributed by atoms with Crippen LogP contribution in [0, 0.1) is 0 Å². The fourth-order valence-electron chi connectivity index (χ4n) is 3.36. The first kappa shape index (κ1) is 17.2. The van der Waals surface area contributed by atoms with Gasteiger partial charge in [-0.05, 0) is 31.0 Å². The maximum atomic E-state index is 12.7. The number of urea groups is 1. The molecule has 3 rings (SSSR count). The molecule has 2 aliphatic rings. The molecule has 130 valence electrons. The number of rotatable bonds is 2. The first-order valence-corrected chi connectivity index (χ1v) is 8.78. The topological polar surface area (TPSA) is 69.9 Å². The van der Waals surface area contributed by atoms with Gasteiger partial charge in [-0.1, -0.05) is 23.2 Å². The summed E-state index contributed by atoms with van der Waals surface area (Å²) >= 11 is 12.0. The van der Waals surface area contributed by atoms with Gasteiger partial charge in [-0.15, -0.1) is 0 Å². The van der Waals surface area contributed by atoms with E-state index in [2.05, 4.69) is 4.90 Å². The summed E-state index contributed by atoms with van der Waals surface area (Å²) in [6, 6.07) is 4.63. The van der Waals surface area contributed by atoms with Gasteiger partial charge in [0, 0.05) is 38.4 Å². The van der Waals surface area contributed by atoms with Crippen molar-refractivity contribution in [1.82, 2.24) is 9.80 Å². The molecule has 0 aromatic heterocycles. The predicted octanol–water partition coefficient (Wildman–Crippen LogP) is 2.19. The molecule has 24 heavy (non-hydrogen) atoms. The minimum absolute atomic E-state index is 0.0000820. The van der Waals surface area contributed by atoms with Crippen molar-refractivity contribution in [2.24, 2.45) is 5.73 Å². The number of primary amides is 1. The van der Waals surface area contributed by atoms with Crippen LogP contribution < -0.4 is 10.6 Å². The van der Waals surface area contributed by atoms with Gasteiger partial charge in [0.25, 0.3) is 0 Å². The smallest absolute Gasteiger partial charge is 0.315 e. The van der Waals surface area contributed by atoms with E-state index < -0.39 is 12.1 Å². The maximum absolute atomic E-state index is 12.7. The number of halogens is 2. The average Bonchev–Trinajstić information content (AvgIpc) is 3.07. The van der Waals surface area contributed by atoms with Crippen LogP contribution in [0.3, 0.4) is 0 Å². The summed E-state index contributed by atoms with van der Waals surface area (Å²) in [5.74, 6) is 0.0000820. The van der Waals surface area contributed by atoms with Gasteiger partial charge in [0.1, 0.15) is 6.04 Å². The van der Waals surface area contributed by atoms with Crippen LogP contribution in [0.25, 0.3) is 0 Å². The van der Waals surface area contributed by atoms with E-state index in [-0.39, 0.29) is 5.91 Å². The number of anilines is 1. The second-order valence-electron chi connectivity index (χ2n) is 6.10. The van der Waals surface area contributed by atoms with Crippen LogP contribution in [0.4, 0.5) is 10.5 Å². The Balaban J connectivity index is 1.61. The number of hydrogen-bond acceptors (Lipinski definition) is 3. The van der Waals surface area contributed by atoms with E-state index in [9.17, 15) is 9.59 Å². The number of benzene rings is 1. The van der Waals surface area contributed by atoms with Crippen molar-refractivity contribution in [2.75, 3.05) is 37.6 Å². The molecule has 2 N–H and O–H groups in total. The van der Waals surface area contributed by atoms with E-state index in [1.165, 1.54) is 4.90 Å². The molecule has 2 heterocycles. The van der Waals surface area contributed by atoms with Gasteiger partial charge in [0.15, 0.2) is 0 Å². The summed E-state index contributed by atoms with van der Waals surface area (Å²) in [7, 11) is 0. The molecule has 1 atom stereocenters. The van der Waals surface area contributed by atoms with Gasteiger partial charge < -0.3 is 20.4 Å². The van der Waals surface area contributed by atoms with E-state index >= 15 is 0 Å². The maximum Gasteiger partial charge on any atom is 0.315 e. The van der Waals surface area contributed by atoms with Crippen molar-refractivity contribution in [1.29, 1.82) is 0 Å². The monoisotopic (exact) mass is 370 g/mol. The average molecular weight is 371 g/mol. The van der Waals surface area contributed by atoms with Crippen molar-refractivity contribution in [2.45, 2.75) is 18.9 Å². The number of amides is 3. The second-order valence-corrected chi connectivity index (χ2v) is 6.91. The summed E-state index contributed by atoms with van der Waals surface area (Å²) in [5, 5.41) is 1.05. The number of likely N-dealkylation sites (tertiary alicyclic amines) is 1. The molecule has 2 fully saturated rings. The lowest BCUT2D eigenvalue weighted by Gasteiger charge is -2.38. The third-order valence-corrected chi connectivity index (χ3v) is 5.42. The first-order valence-electron chi connectivity index (χ1n) is 8.02. The molecule has 0 spiro atoms. The third kappa shape index (κ3) is 3.39. The van der Waals surface area contributed by atoms with Crippen LogP contribution in [0.5, 0.6) is 0 Å². The van der Waals surface area contributed by atoms with Crippen molar-refractivity contribution < 1.29 is 9.59 Å². The molecule has 0 bridgehead atoms. The van der Waals surface area contributed by atoms with Crippen molar-refractivity contribution >= 4 is 40.8 Å². The van der Waals surface area contributed by atoms with Crippen LogP contribution in [-0.2, 0) is 4.79 Å². The molecule has 1 aromatic rings. The molecule has 0 aliphatic carbocycles. The van der Waals surface area contributed by atoms with E-state index in [4.69, 9.17) is 28.9 Å². The number of piperazine rings is 1. The van der Waals surface area contributed by atoms with E-state index in [0.717, 1.165) is 12.1 Å². The van der Waals surface area contributed by atoms with Crippen LogP contribution in [0.15, 0.2) is 18.2 Å². The first-order chi connectivity index (χ1) is 11.5. The number of carbonyl (C=O) groups is 2. The lowest BCUT2D eigenvalue weighted by molar-refractivity contribution is -0.135. The summed E-state index contributed by atoms with van der Waals surface area (Å²) in [6.07, 6.45) is 1.51. The predicted molar refractivity (Wildman–Crippen MR) is 94.6 cm³/mol. The SMILES string of the molecule is NC(=O)N1CCC[C@@H]1C(=O)N1CCN(c2ccc(Cl)c(Cl)c2)CC1. The highest BCUT2D eigenvalue weighted by molar-refractivity contribution is 6.42. The quantitative estimate of drug-likeness (QED) is 0.867. The fraction of sp³-hybridized carbons (Fsp3) is 0.500. The van der Waals surface area contributed by atoms with Crippen molar-refractivity contribution in [3.8, 4) is 0 Å². The fourth-order valence-corrected chi connectivity index (χ4v) is 3.66. The number of nitrogens with zero attached hydrogens (tertiary/aromatic N) is 3. The van der Waals surface area contributed by atoms with E-state index in [1.54, 1.807) is 6.07 Å². The molecule has 0 radical (unpaired) electrons. The zero-order valence-electron chi connectivity index (χ0n) is 13.3. The minimum Gasteiger partial charge on any atom is -0.368 e. The zero-order valence-corrected chi connectivity index (χ0v) is 14.8. The van der Waals surface area contributed by atoms with Crippen molar-refractivity contribution in [3.63, 3.8) is 0 Å². The van der Waals surface area contributed by atoms with Gasteiger partial charge in [0.2, 0.25) is 5.91 Å². The van der Waals surface area contributed by atoms with Crippen LogP contribution >= 0.6 is 23.2 Å². The van der Waals surface area contributed by atoms with Gasteiger partial charge in [0.05, 0.1) is 10.0 Å². The van der Waals surface area contributed by atoms with Gasteiger partial charge in [-0.25, -0.2) is 4.79 Å². The lowest BCUT2D eigenvalue weighted by Crippen LogP contribution is -2.55. The Hall–Kier alpha value is -1.66. The minimum atomic E-state index is -0.514. The summed E-state index contributed by atoms with van der Waals surface area (Å²) < 4.78 is 0. The zero-order chi connectivity index (χ0) is 17.3. The molecule has 0 unspecified atom stereocenters. The molecule has 0 saturated carbocycles. The lowest BCUT2D eigenvalue weighted by atomic mass is 10.1. The molecule has 2 saturated heterocycles. The third-order valence-electron chi connectivity index (χ3n) is 4.68. The highest BCUT2D eigenvalue weighted by Crippen LogP contribution is 2.28. The molecule has 2 aliphatic heterocycles. The number of nitrogens with two attached hydrogens (primary N) is 1. The summed E-state index contributed by atoms with van der Waals surface area (Å²) in [4.78, 5) is 29.6. The van der Waals surface area contributed by atoms with Crippen LogP contribution in [0.1, 0.15) is 12.8 Å². The van der Waals surface area contributed by atoms with Gasteiger partial charge in [-0.3, -0.25) is 4.79 Å². The van der Waals surface area contributed by atoms with Gasteiger partial charge in [-0.2, -0.15) is 0 Å². The molecular weight excluding hydrogens is 351 g/mol. The Morgan fingerprint density at radius 1 is 1.04 bits per heavy atom. The Morgan fingerprint density at radius 2 is 1.75 bits per heavy atom. The van der Waals surface area contributed by atoms with E-state index in [1.807, 2.05) is 17.0 Å². The molecule has 8 heteroatoms. The van der Waals surface area contributed by atoms with Crippen LogP contribution in [0.2, 0.25) is 10.0 Å². The Kier molecular flexibility index (Phi) is 5.06. The molecule has 1 aromatic carbocycles. The van der Waals surface area contributed by atoms with E-state index in [0.29, 0.717) is 49.2 Å². The number of carbonyl (C=O) groups excluding carboxylic acids is 2. The summed E-state index contributed by atoms with van der Waals surface area (Å²) in [5.41, 5.74) is 6.36. The Bertz CT molecular complexity index is 647. The second kappa shape index (κ2) is 7.07. The Morgan fingerprint density at radius 3 is 2.38 bits per heavy atom. The number of hydrogen-bond donors (Lipinski definition) is 1. The summed E-state index contributed by atoms with van der Waals surface area (Å²) in [6.45, 7) is 3.22. The highest BCUT2D eigenvalue weighted by Gasteiger charge is 2.36. The highest BCUT2D eigenvalue weighted by atomic mass is 35.5. The molecule has 3 amide bonds. The molecular formula is C16H20Cl2N4O2. The Labute approximate surface area is 151 Å². The van der Waals surface area contributed by atoms with Crippen LogP contribution in [-0.4, -0.2) is 60.5 Å². The van der Waals surface area contributed by atoms with Crippen molar-refractivity contribution in [3.05, 3.63) is 28.2 Å². The normalized spacial score (nSPS) is 21.2. The molecule has 6 nitrogen and oxygen atoms in total. The standard InChI is InChI=1S/C16H20Cl2N4O2/c17-12-4-3-11(10-13(12)18)20-6-8-21(9-7-20)15(23)14-2-1-5-22(14)16(19)24/h3-4,10,14H,1-2,5-9H2,(H2,19,24)/t14-/m1/s1. The largest absolute Gasteiger partial charge is 0.368 e. The van der Waals surface area contributed by atoms with Gasteiger partial charge >= 0.3 is 6.03 Å².